The summed E-state index contributed by atoms with van der Waals surface area (Å²) in [6.07, 6.45) is 9.37. The van der Waals surface area contributed by atoms with Crippen LogP contribution in [-0.2, 0) is 0 Å². The van der Waals surface area contributed by atoms with Gasteiger partial charge in [-0.25, -0.2) is 0 Å². The van der Waals surface area contributed by atoms with Gasteiger partial charge in [-0.2, -0.15) is 0 Å². The van der Waals surface area contributed by atoms with Gasteiger partial charge in [-0.05, 0) is 42.9 Å². The molecule has 0 aromatic carbocycles. The topological polar surface area (TPSA) is 0 Å². The molecule has 11 heavy (non-hydrogen) atoms. The van der Waals surface area contributed by atoms with Crippen LogP contribution in [0, 0.1) is 23.7 Å². The summed E-state index contributed by atoms with van der Waals surface area (Å²) in [5.41, 5.74) is 0. The van der Waals surface area contributed by atoms with Crippen LogP contribution in [0.2, 0.25) is 0 Å². The fourth-order valence-corrected chi connectivity index (χ4v) is 4.95. The summed E-state index contributed by atoms with van der Waals surface area (Å²) in [5, 5.41) is 0. The number of alkyl halides is 1. The number of hydrogen-bond donors (Lipinski definition) is 0. The maximum absolute atomic E-state index is 2.67. The van der Waals surface area contributed by atoms with E-state index in [9.17, 15) is 0 Å². The Labute approximate surface area is 81.6 Å². The molecule has 0 spiro atoms. The third kappa shape index (κ3) is 0.809. The van der Waals surface area contributed by atoms with E-state index in [-0.39, 0.29) is 0 Å². The van der Waals surface area contributed by atoms with Crippen molar-refractivity contribution < 1.29 is 0 Å². The van der Waals surface area contributed by atoms with E-state index in [0.717, 1.165) is 27.6 Å². The summed E-state index contributed by atoms with van der Waals surface area (Å²) in [5.74, 6) is 4.23. The molecule has 0 saturated heterocycles. The lowest BCUT2D eigenvalue weighted by Gasteiger charge is -2.27. The van der Waals surface area contributed by atoms with Gasteiger partial charge in [-0.15, -0.1) is 0 Å². The van der Waals surface area contributed by atoms with Crippen molar-refractivity contribution in [3.63, 3.8) is 0 Å². The van der Waals surface area contributed by atoms with E-state index in [4.69, 9.17) is 0 Å². The second-order valence-corrected chi connectivity index (χ2v) is 5.92. The molecular formula is C10H13I. The van der Waals surface area contributed by atoms with Crippen molar-refractivity contribution in [2.24, 2.45) is 23.7 Å². The van der Waals surface area contributed by atoms with E-state index in [2.05, 4.69) is 34.7 Å². The van der Waals surface area contributed by atoms with Crippen LogP contribution in [0.3, 0.4) is 0 Å². The lowest BCUT2D eigenvalue weighted by Crippen LogP contribution is -2.24. The summed E-state index contributed by atoms with van der Waals surface area (Å²) >= 11 is 2.67. The molecule has 0 nitrogen and oxygen atoms in total. The van der Waals surface area contributed by atoms with Gasteiger partial charge in [0.15, 0.2) is 0 Å². The molecule has 1 heteroatoms. The highest BCUT2D eigenvalue weighted by molar-refractivity contribution is 14.1. The van der Waals surface area contributed by atoms with Crippen molar-refractivity contribution in [3.8, 4) is 0 Å². The smallest absolute Gasteiger partial charge is 0.0144 e. The Morgan fingerprint density at radius 2 is 2.09 bits per heavy atom. The fourth-order valence-electron chi connectivity index (χ4n) is 3.47. The molecule has 2 unspecified atom stereocenters. The maximum atomic E-state index is 2.67. The highest BCUT2D eigenvalue weighted by atomic mass is 127. The molecule has 3 aliphatic carbocycles. The lowest BCUT2D eigenvalue weighted by atomic mass is 9.81. The second kappa shape index (κ2) is 2.24. The van der Waals surface area contributed by atoms with Crippen LogP contribution in [0.15, 0.2) is 12.2 Å². The zero-order valence-electron chi connectivity index (χ0n) is 6.54. The summed E-state index contributed by atoms with van der Waals surface area (Å²) in [6, 6.07) is 0. The lowest BCUT2D eigenvalue weighted by molar-refractivity contribution is 0.299. The molecule has 0 N–H and O–H groups in total. The monoisotopic (exact) mass is 260 g/mol. The van der Waals surface area contributed by atoms with Gasteiger partial charge >= 0.3 is 0 Å². The van der Waals surface area contributed by atoms with Crippen molar-refractivity contribution in [2.75, 3.05) is 0 Å². The standard InChI is InChI=1S/C10H13I/c11-10-5-6-4-9(10)8-3-1-2-7(6)8/h1-2,6-10H,3-5H2/t6-,7?,8?,9-,10+/m1/s1. The van der Waals surface area contributed by atoms with Crippen LogP contribution >= 0.6 is 22.6 Å². The Hall–Kier alpha value is 0.470. The third-order valence-electron chi connectivity index (χ3n) is 3.92. The molecule has 5 atom stereocenters. The zero-order valence-corrected chi connectivity index (χ0v) is 8.70. The minimum absolute atomic E-state index is 1.01. The van der Waals surface area contributed by atoms with Gasteiger partial charge in [-0.1, -0.05) is 34.7 Å². The van der Waals surface area contributed by atoms with E-state index < -0.39 is 0 Å². The summed E-state index contributed by atoms with van der Waals surface area (Å²) in [4.78, 5) is 0. The molecule has 0 heterocycles. The Kier molecular flexibility index (Phi) is 1.41. The first-order valence-corrected chi connectivity index (χ1v) is 5.91. The van der Waals surface area contributed by atoms with Gasteiger partial charge in [0.2, 0.25) is 0 Å². The van der Waals surface area contributed by atoms with Gasteiger partial charge in [0, 0.05) is 3.92 Å². The molecule has 0 radical (unpaired) electrons. The highest BCUT2D eigenvalue weighted by Crippen LogP contribution is 2.58. The average Bonchev–Trinajstić information content (AvgIpc) is 2.52. The van der Waals surface area contributed by atoms with Crippen LogP contribution in [0.1, 0.15) is 19.3 Å². The van der Waals surface area contributed by atoms with Crippen molar-refractivity contribution in [1.29, 1.82) is 0 Å². The van der Waals surface area contributed by atoms with Crippen molar-refractivity contribution in [3.05, 3.63) is 12.2 Å². The second-order valence-electron chi connectivity index (χ2n) is 4.32. The first kappa shape index (κ1) is 6.93. The Bertz CT molecular complexity index is 209. The molecule has 3 aliphatic rings. The molecule has 0 amide bonds. The normalized spacial score (nSPS) is 58.8. The minimum Gasteiger partial charge on any atom is -0.0879 e. The van der Waals surface area contributed by atoms with E-state index in [1.807, 2.05) is 0 Å². The molecule has 0 aromatic rings. The fraction of sp³-hybridized carbons (Fsp3) is 0.800. The Morgan fingerprint density at radius 3 is 3.00 bits per heavy atom. The van der Waals surface area contributed by atoms with E-state index in [0.29, 0.717) is 0 Å². The molecular weight excluding hydrogens is 247 g/mol. The molecule has 0 aromatic heterocycles. The number of fused-ring (bicyclic) bond motifs is 5. The molecule has 0 aliphatic heterocycles. The maximum Gasteiger partial charge on any atom is 0.0144 e. The molecule has 3 rings (SSSR count). The predicted molar refractivity (Wildman–Crippen MR) is 54.8 cm³/mol. The number of hydrogen-bond acceptors (Lipinski definition) is 0. The van der Waals surface area contributed by atoms with Crippen LogP contribution < -0.4 is 0 Å². The van der Waals surface area contributed by atoms with Gasteiger partial charge in [-0.3, -0.25) is 0 Å². The van der Waals surface area contributed by atoms with Crippen LogP contribution in [-0.4, -0.2) is 3.92 Å². The van der Waals surface area contributed by atoms with Gasteiger partial charge in [0.25, 0.3) is 0 Å². The first-order valence-electron chi connectivity index (χ1n) is 4.67. The van der Waals surface area contributed by atoms with Gasteiger partial charge in [0.1, 0.15) is 0 Å². The van der Waals surface area contributed by atoms with Crippen molar-refractivity contribution in [2.45, 2.75) is 23.2 Å². The summed E-state index contributed by atoms with van der Waals surface area (Å²) in [7, 11) is 0. The van der Waals surface area contributed by atoms with Crippen LogP contribution in [0.5, 0.6) is 0 Å². The number of rotatable bonds is 0. The highest BCUT2D eigenvalue weighted by Gasteiger charge is 2.51. The number of allylic oxidation sites excluding steroid dienone is 2. The summed E-state index contributed by atoms with van der Waals surface area (Å²) in [6.45, 7) is 0. The number of halogens is 1. The van der Waals surface area contributed by atoms with E-state index in [1.54, 1.807) is 6.42 Å². The SMILES string of the molecule is I[C@H]1C[C@H]2C[C@@H]1C1CC=CC12. The third-order valence-corrected chi connectivity index (χ3v) is 5.35. The van der Waals surface area contributed by atoms with Crippen molar-refractivity contribution in [1.82, 2.24) is 0 Å². The van der Waals surface area contributed by atoms with Gasteiger partial charge in [0.05, 0.1) is 0 Å². The predicted octanol–water partition coefficient (Wildman–Crippen LogP) is 3.02. The Morgan fingerprint density at radius 1 is 1.18 bits per heavy atom. The van der Waals surface area contributed by atoms with Crippen molar-refractivity contribution >= 4 is 22.6 Å². The first-order chi connectivity index (χ1) is 5.36. The quantitative estimate of drug-likeness (QED) is 0.357. The Balaban J connectivity index is 1.94. The molecule has 2 saturated carbocycles. The van der Waals surface area contributed by atoms with Crippen LogP contribution in [0.4, 0.5) is 0 Å². The molecule has 2 bridgehead atoms. The largest absolute Gasteiger partial charge is 0.0879 e. The average molecular weight is 260 g/mol. The van der Waals surface area contributed by atoms with Gasteiger partial charge < -0.3 is 0 Å². The zero-order chi connectivity index (χ0) is 7.42. The van der Waals surface area contributed by atoms with Crippen LogP contribution in [0.25, 0.3) is 0 Å². The van der Waals surface area contributed by atoms with E-state index in [1.165, 1.54) is 12.8 Å². The molecule has 2 fully saturated rings. The van der Waals surface area contributed by atoms with E-state index >= 15 is 0 Å². The minimum atomic E-state index is 1.01. The molecule has 60 valence electrons. The summed E-state index contributed by atoms with van der Waals surface area (Å²) < 4.78 is 1.01.